The number of carbonyl (C=O) groups excluding carboxylic acids is 1. The lowest BCUT2D eigenvalue weighted by Crippen LogP contribution is -2.32. The van der Waals surface area contributed by atoms with Gasteiger partial charge in [0.05, 0.1) is 11.6 Å². The number of nitrogens with one attached hydrogen (secondary N) is 1. The van der Waals surface area contributed by atoms with Gasteiger partial charge in [-0.3, -0.25) is 4.79 Å². The largest absolute Gasteiger partial charge is 0.398 e. The third-order valence-corrected chi connectivity index (χ3v) is 4.29. The van der Waals surface area contributed by atoms with Gasteiger partial charge in [0, 0.05) is 10.6 Å². The Morgan fingerprint density at radius 1 is 1.25 bits per heavy atom. The molecule has 0 aliphatic rings. The van der Waals surface area contributed by atoms with Crippen LogP contribution in [0.3, 0.4) is 0 Å². The van der Waals surface area contributed by atoms with E-state index >= 15 is 0 Å². The number of nitrogen functional groups attached to an aromatic ring is 1. The van der Waals surface area contributed by atoms with Crippen LogP contribution in [0.15, 0.2) is 35.7 Å². The Hall–Kier alpha value is -1.81. The molecular weight excluding hydrogens is 268 g/mol. The third-order valence-electron chi connectivity index (χ3n) is 3.34. The summed E-state index contributed by atoms with van der Waals surface area (Å²) in [6, 6.07) is 9.60. The molecule has 1 atom stereocenters. The Bertz CT molecular complexity index is 570. The summed E-state index contributed by atoms with van der Waals surface area (Å²) in [6.07, 6.45) is 0. The quantitative estimate of drug-likeness (QED) is 0.841. The van der Waals surface area contributed by atoms with E-state index in [0.29, 0.717) is 17.2 Å². The molecule has 1 unspecified atom stereocenters. The highest BCUT2D eigenvalue weighted by Crippen LogP contribution is 2.27. The number of benzene rings is 1. The van der Waals surface area contributed by atoms with Gasteiger partial charge in [-0.25, -0.2) is 0 Å². The number of hydrogen-bond acceptors (Lipinski definition) is 3. The highest BCUT2D eigenvalue weighted by atomic mass is 32.1. The molecule has 106 valence electrons. The monoisotopic (exact) mass is 288 g/mol. The molecule has 0 fully saturated rings. The van der Waals surface area contributed by atoms with Crippen molar-refractivity contribution in [3.05, 3.63) is 51.7 Å². The van der Waals surface area contributed by atoms with Gasteiger partial charge in [-0.15, -0.1) is 11.3 Å². The lowest BCUT2D eigenvalue weighted by molar-refractivity contribution is 0.0927. The van der Waals surface area contributed by atoms with Gasteiger partial charge in [0.15, 0.2) is 0 Å². The average Bonchev–Trinajstić information content (AvgIpc) is 2.88. The zero-order valence-electron chi connectivity index (χ0n) is 12.0. The first-order chi connectivity index (χ1) is 9.50. The Labute approximate surface area is 123 Å². The minimum Gasteiger partial charge on any atom is -0.398 e. The SMILES string of the molecule is Cc1cccc(N)c1C(=O)NC(c1cccs1)C(C)C. The Morgan fingerprint density at radius 3 is 2.55 bits per heavy atom. The van der Waals surface area contributed by atoms with Crippen molar-refractivity contribution >= 4 is 22.9 Å². The number of thiophene rings is 1. The van der Waals surface area contributed by atoms with Gasteiger partial charge >= 0.3 is 0 Å². The van der Waals surface area contributed by atoms with Crippen LogP contribution in [0.25, 0.3) is 0 Å². The lowest BCUT2D eigenvalue weighted by atomic mass is 10.0. The molecule has 0 bridgehead atoms. The van der Waals surface area contributed by atoms with Crippen molar-refractivity contribution in [3.8, 4) is 0 Å². The van der Waals surface area contributed by atoms with Crippen molar-refractivity contribution in [2.45, 2.75) is 26.8 Å². The Kier molecular flexibility index (Phi) is 4.45. The van der Waals surface area contributed by atoms with Crippen LogP contribution < -0.4 is 11.1 Å². The fraction of sp³-hybridized carbons (Fsp3) is 0.312. The number of hydrogen-bond donors (Lipinski definition) is 2. The molecule has 3 N–H and O–H groups in total. The van der Waals surface area contributed by atoms with Crippen molar-refractivity contribution in [1.82, 2.24) is 5.32 Å². The molecule has 0 saturated heterocycles. The van der Waals surface area contributed by atoms with Crippen LogP contribution in [0.2, 0.25) is 0 Å². The maximum atomic E-state index is 12.5. The summed E-state index contributed by atoms with van der Waals surface area (Å²) in [5, 5.41) is 5.14. The molecule has 0 radical (unpaired) electrons. The predicted molar refractivity (Wildman–Crippen MR) is 85.0 cm³/mol. The first kappa shape index (κ1) is 14.6. The van der Waals surface area contributed by atoms with Crippen LogP contribution in [-0.2, 0) is 0 Å². The molecule has 1 heterocycles. The number of rotatable bonds is 4. The molecule has 0 saturated carbocycles. The summed E-state index contributed by atoms with van der Waals surface area (Å²) in [7, 11) is 0. The molecule has 0 aliphatic carbocycles. The highest BCUT2D eigenvalue weighted by molar-refractivity contribution is 7.10. The van der Waals surface area contributed by atoms with Gasteiger partial charge in [0.1, 0.15) is 0 Å². The molecule has 0 aliphatic heterocycles. The minimum atomic E-state index is -0.104. The van der Waals surface area contributed by atoms with Gasteiger partial charge in [-0.05, 0) is 35.9 Å². The fourth-order valence-corrected chi connectivity index (χ4v) is 3.20. The minimum absolute atomic E-state index is 0.0153. The summed E-state index contributed by atoms with van der Waals surface area (Å²) >= 11 is 1.66. The van der Waals surface area contributed by atoms with Crippen molar-refractivity contribution in [1.29, 1.82) is 0 Å². The van der Waals surface area contributed by atoms with Crippen molar-refractivity contribution in [3.63, 3.8) is 0 Å². The maximum Gasteiger partial charge on any atom is 0.254 e. The van der Waals surface area contributed by atoms with E-state index in [2.05, 4.69) is 25.2 Å². The summed E-state index contributed by atoms with van der Waals surface area (Å²) in [4.78, 5) is 13.7. The smallest absolute Gasteiger partial charge is 0.254 e. The van der Waals surface area contributed by atoms with E-state index in [1.807, 2.05) is 30.5 Å². The van der Waals surface area contributed by atoms with Gasteiger partial charge in [-0.2, -0.15) is 0 Å². The van der Waals surface area contributed by atoms with E-state index in [9.17, 15) is 4.79 Å². The van der Waals surface area contributed by atoms with Crippen LogP contribution in [0.4, 0.5) is 5.69 Å². The first-order valence-corrected chi connectivity index (χ1v) is 7.58. The molecule has 1 aromatic carbocycles. The van der Waals surface area contributed by atoms with E-state index in [1.54, 1.807) is 17.4 Å². The van der Waals surface area contributed by atoms with Crippen molar-refractivity contribution in [2.24, 2.45) is 5.92 Å². The van der Waals surface area contributed by atoms with Gasteiger partial charge < -0.3 is 11.1 Å². The molecule has 2 rings (SSSR count). The second kappa shape index (κ2) is 6.09. The zero-order valence-corrected chi connectivity index (χ0v) is 12.8. The summed E-state index contributed by atoms with van der Waals surface area (Å²) in [5.74, 6) is 0.218. The molecule has 1 aromatic heterocycles. The zero-order chi connectivity index (χ0) is 14.7. The predicted octanol–water partition coefficient (Wildman–Crippen LogP) is 3.77. The second-order valence-corrected chi connectivity index (χ2v) is 6.23. The molecule has 1 amide bonds. The van der Waals surface area contributed by atoms with E-state index < -0.39 is 0 Å². The van der Waals surface area contributed by atoms with E-state index in [-0.39, 0.29) is 11.9 Å². The van der Waals surface area contributed by atoms with Crippen LogP contribution in [0.1, 0.15) is 40.7 Å². The average molecular weight is 288 g/mol. The normalized spacial score (nSPS) is 12.4. The van der Waals surface area contributed by atoms with Crippen LogP contribution in [0, 0.1) is 12.8 Å². The third kappa shape index (κ3) is 3.02. The van der Waals surface area contributed by atoms with Crippen LogP contribution >= 0.6 is 11.3 Å². The van der Waals surface area contributed by atoms with Gasteiger partial charge in [-0.1, -0.05) is 32.0 Å². The number of anilines is 1. The van der Waals surface area contributed by atoms with Crippen molar-refractivity contribution < 1.29 is 4.79 Å². The molecule has 2 aromatic rings. The van der Waals surface area contributed by atoms with E-state index in [1.165, 1.54) is 4.88 Å². The molecule has 0 spiro atoms. The Balaban J connectivity index is 2.26. The number of carbonyl (C=O) groups is 1. The fourth-order valence-electron chi connectivity index (χ4n) is 2.25. The van der Waals surface area contributed by atoms with Crippen LogP contribution in [-0.4, -0.2) is 5.91 Å². The summed E-state index contributed by atoms with van der Waals surface area (Å²) in [5.41, 5.74) is 7.94. The Morgan fingerprint density at radius 2 is 2.00 bits per heavy atom. The molecule has 20 heavy (non-hydrogen) atoms. The van der Waals surface area contributed by atoms with Crippen LogP contribution in [0.5, 0.6) is 0 Å². The standard InChI is InChI=1S/C16H20N2OS/c1-10(2)15(13-8-5-9-20-13)18-16(19)14-11(3)6-4-7-12(14)17/h4-10,15H,17H2,1-3H3,(H,18,19). The van der Waals surface area contributed by atoms with Crippen molar-refractivity contribution in [2.75, 3.05) is 5.73 Å². The summed E-state index contributed by atoms with van der Waals surface area (Å²) < 4.78 is 0. The topological polar surface area (TPSA) is 55.1 Å². The molecular formula is C16H20N2OS. The highest BCUT2D eigenvalue weighted by Gasteiger charge is 2.21. The molecule has 3 nitrogen and oxygen atoms in total. The molecule has 4 heteroatoms. The van der Waals surface area contributed by atoms with Gasteiger partial charge in [0.25, 0.3) is 5.91 Å². The first-order valence-electron chi connectivity index (χ1n) is 6.70. The number of aryl methyl sites for hydroxylation is 1. The van der Waals surface area contributed by atoms with Gasteiger partial charge in [0.2, 0.25) is 0 Å². The number of nitrogens with two attached hydrogens (primary N) is 1. The maximum absolute atomic E-state index is 12.5. The number of amides is 1. The summed E-state index contributed by atoms with van der Waals surface area (Å²) in [6.45, 7) is 6.11. The van der Waals surface area contributed by atoms with E-state index in [4.69, 9.17) is 5.73 Å². The second-order valence-electron chi connectivity index (χ2n) is 5.25. The lowest BCUT2D eigenvalue weighted by Gasteiger charge is -2.22. The van der Waals surface area contributed by atoms with E-state index in [0.717, 1.165) is 5.56 Å².